The summed E-state index contributed by atoms with van der Waals surface area (Å²) in [6.45, 7) is 2.87. The van der Waals surface area contributed by atoms with E-state index >= 15 is 0 Å². The van der Waals surface area contributed by atoms with Gasteiger partial charge in [-0.05, 0) is 48.4 Å². The number of hydrogen-bond acceptors (Lipinski definition) is 3. The molecule has 0 fully saturated rings. The number of aryl methyl sites for hydroxylation is 1. The number of ether oxygens (including phenoxy) is 1. The van der Waals surface area contributed by atoms with Gasteiger partial charge in [0.05, 0.1) is 0 Å². The normalized spacial score (nSPS) is 13.3. The molecule has 0 atom stereocenters. The molecular weight excluding hydrogens is 364 g/mol. The number of carbonyl (C=O) groups is 2. The van der Waals surface area contributed by atoms with Crippen LogP contribution in [0.15, 0.2) is 72.8 Å². The molecule has 0 bridgehead atoms. The molecule has 29 heavy (non-hydrogen) atoms. The second-order valence-corrected chi connectivity index (χ2v) is 7.17. The minimum atomic E-state index is -0.191. The largest absolute Gasteiger partial charge is 0.483 e. The van der Waals surface area contributed by atoms with E-state index in [1.807, 2.05) is 61.5 Å². The van der Waals surface area contributed by atoms with E-state index in [-0.39, 0.29) is 18.4 Å². The Bertz CT molecular complexity index is 1050. The number of nitrogens with one attached hydrogen (secondary N) is 1. The molecule has 1 aliphatic rings. The van der Waals surface area contributed by atoms with E-state index in [2.05, 4.69) is 5.32 Å². The van der Waals surface area contributed by atoms with Crippen molar-refractivity contribution in [2.45, 2.75) is 20.0 Å². The van der Waals surface area contributed by atoms with E-state index in [0.29, 0.717) is 24.4 Å². The van der Waals surface area contributed by atoms with Gasteiger partial charge in [-0.2, -0.15) is 0 Å². The average molecular weight is 386 g/mol. The number of amides is 2. The Morgan fingerprint density at radius 3 is 2.66 bits per heavy atom. The molecule has 0 unspecified atom stereocenters. The molecule has 0 aliphatic carbocycles. The van der Waals surface area contributed by atoms with Gasteiger partial charge in [0, 0.05) is 29.9 Å². The summed E-state index contributed by atoms with van der Waals surface area (Å²) in [4.78, 5) is 27.0. The van der Waals surface area contributed by atoms with Gasteiger partial charge in [0.15, 0.2) is 6.61 Å². The van der Waals surface area contributed by atoms with Crippen LogP contribution in [0.4, 0.5) is 5.69 Å². The van der Waals surface area contributed by atoms with E-state index in [1.165, 1.54) is 0 Å². The van der Waals surface area contributed by atoms with Crippen LogP contribution in [0, 0.1) is 6.92 Å². The highest BCUT2D eigenvalue weighted by Gasteiger charge is 2.22. The number of anilines is 1. The highest BCUT2D eigenvalue weighted by Crippen LogP contribution is 2.26. The van der Waals surface area contributed by atoms with Gasteiger partial charge >= 0.3 is 0 Å². The maximum Gasteiger partial charge on any atom is 0.261 e. The fraction of sp³-hybridized carbons (Fsp3) is 0.167. The molecule has 3 aromatic rings. The number of rotatable bonds is 4. The quantitative estimate of drug-likeness (QED) is 0.732. The van der Waals surface area contributed by atoms with Crippen molar-refractivity contribution < 1.29 is 14.3 Å². The molecule has 0 radical (unpaired) electrons. The van der Waals surface area contributed by atoms with Gasteiger partial charge in [-0.15, -0.1) is 0 Å². The molecule has 0 saturated carbocycles. The van der Waals surface area contributed by atoms with Crippen LogP contribution >= 0.6 is 0 Å². The number of benzene rings is 3. The minimum Gasteiger partial charge on any atom is -0.483 e. The fourth-order valence-corrected chi connectivity index (χ4v) is 3.38. The molecule has 1 heterocycles. The van der Waals surface area contributed by atoms with Crippen LogP contribution in [0.3, 0.4) is 0 Å². The standard InChI is InChI=1S/C24H22N2O3/c1-17-6-5-9-21(12-17)25-24(28)19-10-11-22-20(13-19)15-26(23(27)16-29-22)14-18-7-3-2-4-8-18/h2-13H,14-16H2,1H3,(H,25,28). The molecule has 146 valence electrons. The lowest BCUT2D eigenvalue weighted by molar-refractivity contribution is -0.133. The van der Waals surface area contributed by atoms with Crippen molar-refractivity contribution in [3.8, 4) is 5.75 Å². The molecule has 3 aromatic carbocycles. The Morgan fingerprint density at radius 1 is 1.03 bits per heavy atom. The molecule has 1 aliphatic heterocycles. The predicted molar refractivity (Wildman–Crippen MR) is 112 cm³/mol. The first-order valence-electron chi connectivity index (χ1n) is 9.54. The second kappa shape index (κ2) is 8.19. The number of fused-ring (bicyclic) bond motifs is 1. The SMILES string of the molecule is Cc1cccc(NC(=O)c2ccc3c(c2)CN(Cc2ccccc2)C(=O)CO3)c1. The van der Waals surface area contributed by atoms with Crippen LogP contribution in [0.25, 0.3) is 0 Å². The highest BCUT2D eigenvalue weighted by molar-refractivity contribution is 6.04. The molecule has 1 N–H and O–H groups in total. The monoisotopic (exact) mass is 386 g/mol. The molecule has 0 spiro atoms. The van der Waals surface area contributed by atoms with E-state index in [4.69, 9.17) is 4.74 Å². The van der Waals surface area contributed by atoms with Gasteiger partial charge in [-0.25, -0.2) is 0 Å². The van der Waals surface area contributed by atoms with Crippen LogP contribution in [0.5, 0.6) is 5.75 Å². The van der Waals surface area contributed by atoms with E-state index in [0.717, 1.165) is 22.4 Å². The van der Waals surface area contributed by atoms with Crippen molar-refractivity contribution in [2.75, 3.05) is 11.9 Å². The first kappa shape index (κ1) is 18.7. The van der Waals surface area contributed by atoms with Crippen LogP contribution in [0.2, 0.25) is 0 Å². The Hall–Kier alpha value is -3.60. The van der Waals surface area contributed by atoms with Gasteiger partial charge in [0.1, 0.15) is 5.75 Å². The fourth-order valence-electron chi connectivity index (χ4n) is 3.38. The Labute approximate surface area is 169 Å². The van der Waals surface area contributed by atoms with Crippen molar-refractivity contribution >= 4 is 17.5 Å². The first-order chi connectivity index (χ1) is 14.1. The zero-order valence-electron chi connectivity index (χ0n) is 16.2. The van der Waals surface area contributed by atoms with E-state index in [9.17, 15) is 9.59 Å². The summed E-state index contributed by atoms with van der Waals surface area (Å²) >= 11 is 0. The molecule has 4 rings (SSSR count). The van der Waals surface area contributed by atoms with Crippen LogP contribution in [0.1, 0.15) is 27.0 Å². The summed E-state index contributed by atoms with van der Waals surface area (Å²) in [5, 5.41) is 2.92. The van der Waals surface area contributed by atoms with Crippen molar-refractivity contribution in [2.24, 2.45) is 0 Å². The topological polar surface area (TPSA) is 58.6 Å². The van der Waals surface area contributed by atoms with Crippen molar-refractivity contribution in [3.05, 3.63) is 95.1 Å². The van der Waals surface area contributed by atoms with E-state index in [1.54, 1.807) is 23.1 Å². The maximum absolute atomic E-state index is 12.7. The molecule has 0 aromatic heterocycles. The third kappa shape index (κ3) is 4.46. The molecule has 5 nitrogen and oxygen atoms in total. The van der Waals surface area contributed by atoms with Crippen molar-refractivity contribution in [1.29, 1.82) is 0 Å². The smallest absolute Gasteiger partial charge is 0.261 e. The van der Waals surface area contributed by atoms with Crippen LogP contribution in [-0.2, 0) is 17.9 Å². The van der Waals surface area contributed by atoms with Gasteiger partial charge < -0.3 is 15.0 Å². The zero-order chi connectivity index (χ0) is 20.2. The summed E-state index contributed by atoms with van der Waals surface area (Å²) in [5.74, 6) is 0.375. The third-order valence-electron chi connectivity index (χ3n) is 4.88. The Morgan fingerprint density at radius 2 is 1.86 bits per heavy atom. The van der Waals surface area contributed by atoms with Gasteiger partial charge in [-0.1, -0.05) is 42.5 Å². The molecule has 2 amide bonds. The summed E-state index contributed by atoms with van der Waals surface area (Å²) in [6.07, 6.45) is 0. The summed E-state index contributed by atoms with van der Waals surface area (Å²) in [5.41, 5.74) is 4.24. The molecule has 5 heteroatoms. The molecular formula is C24H22N2O3. The number of carbonyl (C=O) groups excluding carboxylic acids is 2. The zero-order valence-corrected chi connectivity index (χ0v) is 16.2. The minimum absolute atomic E-state index is 0.00529. The van der Waals surface area contributed by atoms with Gasteiger partial charge in [0.25, 0.3) is 11.8 Å². The van der Waals surface area contributed by atoms with Crippen LogP contribution in [-0.4, -0.2) is 23.3 Å². The molecule has 0 saturated heterocycles. The summed E-state index contributed by atoms with van der Waals surface area (Å²) in [7, 11) is 0. The lowest BCUT2D eigenvalue weighted by Gasteiger charge is -2.20. The van der Waals surface area contributed by atoms with Crippen molar-refractivity contribution in [1.82, 2.24) is 4.90 Å². The summed E-state index contributed by atoms with van der Waals surface area (Å²) in [6, 6.07) is 22.8. The summed E-state index contributed by atoms with van der Waals surface area (Å²) < 4.78 is 5.67. The second-order valence-electron chi connectivity index (χ2n) is 7.17. The van der Waals surface area contributed by atoms with Crippen molar-refractivity contribution in [3.63, 3.8) is 0 Å². The van der Waals surface area contributed by atoms with Gasteiger partial charge in [-0.3, -0.25) is 9.59 Å². The third-order valence-corrected chi connectivity index (χ3v) is 4.88. The maximum atomic E-state index is 12.7. The van der Waals surface area contributed by atoms with Crippen LogP contribution < -0.4 is 10.1 Å². The first-order valence-corrected chi connectivity index (χ1v) is 9.54. The van der Waals surface area contributed by atoms with Gasteiger partial charge in [0.2, 0.25) is 0 Å². The highest BCUT2D eigenvalue weighted by atomic mass is 16.5. The Balaban J connectivity index is 1.55. The lowest BCUT2D eigenvalue weighted by atomic mass is 10.1. The number of hydrogen-bond donors (Lipinski definition) is 1. The Kier molecular flexibility index (Phi) is 5.29. The van der Waals surface area contributed by atoms with E-state index < -0.39 is 0 Å². The lowest BCUT2D eigenvalue weighted by Crippen LogP contribution is -2.31. The predicted octanol–water partition coefficient (Wildman–Crippen LogP) is 4.17. The average Bonchev–Trinajstić information content (AvgIpc) is 2.87. The number of nitrogens with zero attached hydrogens (tertiary/aromatic N) is 1.